The summed E-state index contributed by atoms with van der Waals surface area (Å²) < 4.78 is 1.54. The summed E-state index contributed by atoms with van der Waals surface area (Å²) in [5.74, 6) is 0. The molecule has 0 heterocycles. The minimum absolute atomic E-state index is 0.652. The van der Waals surface area contributed by atoms with Crippen LogP contribution in [-0.4, -0.2) is 56.9 Å². The first kappa shape index (κ1) is 19.2. The molecule has 2 nitrogen and oxygen atoms in total. The standard InChI is InChI=1S/C16H30I2N2/c1-13(17)5-6-14(2)19(3)11-12-20(4)16-9-7-15(18)8-10-16/h7,9,13-16H,5-6,8,10-12H2,1-4H3/t13?,14-,15?,16-/m0/s1. The van der Waals surface area contributed by atoms with Gasteiger partial charge in [-0.1, -0.05) is 64.3 Å². The molecule has 0 saturated carbocycles. The van der Waals surface area contributed by atoms with E-state index in [0.717, 1.165) is 7.85 Å². The van der Waals surface area contributed by atoms with Gasteiger partial charge in [0.15, 0.2) is 0 Å². The Bertz CT molecular complexity index is 294. The molecule has 0 aliphatic heterocycles. The Morgan fingerprint density at radius 1 is 1.10 bits per heavy atom. The highest BCUT2D eigenvalue weighted by Crippen LogP contribution is 2.21. The van der Waals surface area contributed by atoms with Gasteiger partial charge < -0.3 is 4.90 Å². The zero-order chi connectivity index (χ0) is 15.1. The minimum Gasteiger partial charge on any atom is -0.302 e. The van der Waals surface area contributed by atoms with Crippen molar-refractivity contribution in [3.8, 4) is 0 Å². The highest BCUT2D eigenvalue weighted by atomic mass is 127. The Hall–Kier alpha value is 1.12. The summed E-state index contributed by atoms with van der Waals surface area (Å²) in [6.45, 7) is 7.00. The van der Waals surface area contributed by atoms with Gasteiger partial charge >= 0.3 is 0 Å². The van der Waals surface area contributed by atoms with Crippen LogP contribution in [0.25, 0.3) is 0 Å². The molecular formula is C16H30I2N2. The third kappa shape index (κ3) is 7.40. The number of halogens is 2. The van der Waals surface area contributed by atoms with Gasteiger partial charge in [0.25, 0.3) is 0 Å². The highest BCUT2D eigenvalue weighted by molar-refractivity contribution is 14.1. The van der Waals surface area contributed by atoms with E-state index in [-0.39, 0.29) is 0 Å². The first-order chi connectivity index (χ1) is 9.40. The topological polar surface area (TPSA) is 6.48 Å². The molecule has 4 atom stereocenters. The van der Waals surface area contributed by atoms with Crippen molar-refractivity contribution >= 4 is 45.2 Å². The van der Waals surface area contributed by atoms with Crippen molar-refractivity contribution in [2.45, 2.75) is 59.5 Å². The molecule has 0 spiro atoms. The van der Waals surface area contributed by atoms with Gasteiger partial charge in [0.05, 0.1) is 0 Å². The third-order valence-electron chi connectivity index (χ3n) is 4.39. The lowest BCUT2D eigenvalue weighted by atomic mass is 10.0. The number of hydrogen-bond acceptors (Lipinski definition) is 2. The van der Waals surface area contributed by atoms with Crippen LogP contribution in [0.3, 0.4) is 0 Å². The molecule has 0 aromatic heterocycles. The van der Waals surface area contributed by atoms with Crippen LogP contribution >= 0.6 is 45.2 Å². The van der Waals surface area contributed by atoms with E-state index in [0.29, 0.717) is 12.1 Å². The summed E-state index contributed by atoms with van der Waals surface area (Å²) in [4.78, 5) is 5.03. The van der Waals surface area contributed by atoms with Crippen LogP contribution in [0, 0.1) is 0 Å². The molecule has 0 aromatic rings. The molecule has 0 bridgehead atoms. The Morgan fingerprint density at radius 2 is 1.80 bits per heavy atom. The Kier molecular flexibility index (Phi) is 9.58. The average molecular weight is 504 g/mol. The lowest BCUT2D eigenvalue weighted by molar-refractivity contribution is 0.186. The second-order valence-corrected chi connectivity index (χ2v) is 9.94. The van der Waals surface area contributed by atoms with Crippen molar-refractivity contribution in [1.29, 1.82) is 0 Å². The van der Waals surface area contributed by atoms with E-state index < -0.39 is 0 Å². The third-order valence-corrected chi connectivity index (χ3v) is 6.05. The van der Waals surface area contributed by atoms with Gasteiger partial charge in [-0.3, -0.25) is 4.90 Å². The molecule has 2 unspecified atom stereocenters. The fourth-order valence-electron chi connectivity index (χ4n) is 2.53. The quantitative estimate of drug-likeness (QED) is 0.276. The van der Waals surface area contributed by atoms with Crippen molar-refractivity contribution in [2.24, 2.45) is 0 Å². The zero-order valence-electron chi connectivity index (χ0n) is 13.4. The van der Waals surface area contributed by atoms with E-state index in [1.54, 1.807) is 0 Å². The smallest absolute Gasteiger partial charge is 0.0290 e. The van der Waals surface area contributed by atoms with Crippen molar-refractivity contribution < 1.29 is 0 Å². The molecule has 0 amide bonds. The largest absolute Gasteiger partial charge is 0.302 e. The Balaban J connectivity index is 2.26. The highest BCUT2D eigenvalue weighted by Gasteiger charge is 2.18. The van der Waals surface area contributed by atoms with Crippen molar-refractivity contribution in [3.05, 3.63) is 12.2 Å². The number of hydrogen-bond donors (Lipinski definition) is 0. The molecule has 0 N–H and O–H groups in total. The predicted molar refractivity (Wildman–Crippen MR) is 107 cm³/mol. The Labute approximate surface area is 153 Å². The molecule has 0 radical (unpaired) electrons. The maximum atomic E-state index is 2.53. The van der Waals surface area contributed by atoms with E-state index in [4.69, 9.17) is 0 Å². The zero-order valence-corrected chi connectivity index (χ0v) is 17.7. The molecule has 1 rings (SSSR count). The van der Waals surface area contributed by atoms with E-state index in [1.165, 1.54) is 38.8 Å². The molecule has 0 aromatic carbocycles. The maximum Gasteiger partial charge on any atom is 0.0290 e. The van der Waals surface area contributed by atoms with Crippen molar-refractivity contribution in [2.75, 3.05) is 27.2 Å². The van der Waals surface area contributed by atoms with Gasteiger partial charge in [0, 0.05) is 33.0 Å². The molecule has 0 fully saturated rings. The normalized spacial score (nSPS) is 26.2. The van der Waals surface area contributed by atoms with Gasteiger partial charge in [-0.05, 0) is 46.7 Å². The van der Waals surface area contributed by atoms with Crippen LogP contribution in [0.4, 0.5) is 0 Å². The minimum atomic E-state index is 0.652. The van der Waals surface area contributed by atoms with Crippen LogP contribution in [-0.2, 0) is 0 Å². The number of allylic oxidation sites excluding steroid dienone is 1. The summed E-state index contributed by atoms with van der Waals surface area (Å²) in [6, 6.07) is 1.35. The van der Waals surface area contributed by atoms with Gasteiger partial charge in [-0.15, -0.1) is 0 Å². The predicted octanol–water partition coefficient (Wildman–Crippen LogP) is 4.36. The van der Waals surface area contributed by atoms with Crippen LogP contribution < -0.4 is 0 Å². The average Bonchev–Trinajstić information content (AvgIpc) is 2.42. The number of alkyl halides is 2. The maximum absolute atomic E-state index is 2.53. The van der Waals surface area contributed by atoms with E-state index in [9.17, 15) is 0 Å². The second kappa shape index (κ2) is 10.0. The van der Waals surface area contributed by atoms with E-state index in [1.807, 2.05) is 0 Å². The molecule has 1 aliphatic carbocycles. The summed E-state index contributed by atoms with van der Waals surface area (Å²) in [5.41, 5.74) is 0. The van der Waals surface area contributed by atoms with Crippen LogP contribution in [0.2, 0.25) is 0 Å². The van der Waals surface area contributed by atoms with Gasteiger partial charge in [-0.2, -0.15) is 0 Å². The fourth-order valence-corrected chi connectivity index (χ4v) is 3.49. The SMILES string of the molecule is CC(I)CC[C@H](C)N(C)CCN(C)[C@H]1C=CC(I)CC1. The van der Waals surface area contributed by atoms with Crippen LogP contribution in [0.15, 0.2) is 12.2 Å². The summed E-state index contributed by atoms with van der Waals surface area (Å²) in [5, 5.41) is 0. The molecule has 1 aliphatic rings. The number of nitrogens with zero attached hydrogens (tertiary/aromatic N) is 2. The van der Waals surface area contributed by atoms with E-state index >= 15 is 0 Å². The summed E-state index contributed by atoms with van der Waals surface area (Å²) in [7, 11) is 4.54. The summed E-state index contributed by atoms with van der Waals surface area (Å²) >= 11 is 5.06. The number of rotatable bonds is 8. The molecular weight excluding hydrogens is 474 g/mol. The first-order valence-electron chi connectivity index (χ1n) is 7.77. The van der Waals surface area contributed by atoms with Crippen LogP contribution in [0.5, 0.6) is 0 Å². The van der Waals surface area contributed by atoms with Gasteiger partial charge in [0.1, 0.15) is 0 Å². The molecule has 20 heavy (non-hydrogen) atoms. The van der Waals surface area contributed by atoms with Crippen molar-refractivity contribution in [3.63, 3.8) is 0 Å². The Morgan fingerprint density at radius 3 is 2.35 bits per heavy atom. The summed E-state index contributed by atoms with van der Waals surface area (Å²) in [6.07, 6.45) is 10.0. The number of likely N-dealkylation sites (N-methyl/N-ethyl adjacent to an activating group) is 2. The first-order valence-corrected chi connectivity index (χ1v) is 10.3. The monoisotopic (exact) mass is 504 g/mol. The van der Waals surface area contributed by atoms with Gasteiger partial charge in [-0.25, -0.2) is 0 Å². The van der Waals surface area contributed by atoms with Crippen molar-refractivity contribution in [1.82, 2.24) is 9.80 Å². The molecule has 4 heteroatoms. The molecule has 0 saturated heterocycles. The fraction of sp³-hybridized carbons (Fsp3) is 0.875. The van der Waals surface area contributed by atoms with Crippen LogP contribution in [0.1, 0.15) is 39.5 Å². The van der Waals surface area contributed by atoms with E-state index in [2.05, 4.69) is 95.1 Å². The van der Waals surface area contributed by atoms with Gasteiger partial charge in [0.2, 0.25) is 0 Å². The molecule has 118 valence electrons. The second-order valence-electron chi connectivity index (χ2n) is 6.21. The lowest BCUT2D eigenvalue weighted by Crippen LogP contribution is -2.40. The lowest BCUT2D eigenvalue weighted by Gasteiger charge is -2.32.